The number of rotatable bonds is 6. The average molecular weight is 494 g/mol. The molecule has 1 atom stereocenters. The van der Waals surface area contributed by atoms with Crippen LogP contribution in [0.1, 0.15) is 64.4 Å². The van der Waals surface area contributed by atoms with E-state index >= 15 is 4.39 Å². The standard InChI is InChI=1S/C24H29BrFNO4/c1-4-30-23(28)19-14(3)27-22(15-9-7-6-8-10-15)21(24(29)31-5-2)20(19)17-12-11-16(25)13-18(17)26/h11-13,15,20,27H,4-10H2,1-3H3/t20-/m1/s1. The van der Waals surface area contributed by atoms with E-state index in [0.29, 0.717) is 15.7 Å². The van der Waals surface area contributed by atoms with E-state index in [2.05, 4.69) is 21.2 Å². The number of esters is 2. The van der Waals surface area contributed by atoms with Crippen molar-refractivity contribution in [3.8, 4) is 0 Å². The van der Waals surface area contributed by atoms with Crippen LogP contribution in [0.2, 0.25) is 0 Å². The van der Waals surface area contributed by atoms with Gasteiger partial charge in [-0.05, 0) is 51.7 Å². The third-order valence-electron chi connectivity index (χ3n) is 5.87. The monoisotopic (exact) mass is 493 g/mol. The summed E-state index contributed by atoms with van der Waals surface area (Å²) in [6.07, 6.45) is 5.16. The van der Waals surface area contributed by atoms with Crippen molar-refractivity contribution in [2.75, 3.05) is 13.2 Å². The lowest BCUT2D eigenvalue weighted by Gasteiger charge is -2.36. The number of halogens is 2. The zero-order chi connectivity index (χ0) is 22.5. The second-order valence-electron chi connectivity index (χ2n) is 7.87. The van der Waals surface area contributed by atoms with Crippen LogP contribution in [0.4, 0.5) is 4.39 Å². The number of ether oxygens (including phenoxy) is 2. The molecule has 1 aromatic rings. The second kappa shape index (κ2) is 10.4. The van der Waals surface area contributed by atoms with Gasteiger partial charge in [-0.15, -0.1) is 0 Å². The molecule has 168 valence electrons. The maximum Gasteiger partial charge on any atom is 0.336 e. The molecule has 0 unspecified atom stereocenters. The van der Waals surface area contributed by atoms with Crippen LogP contribution in [-0.2, 0) is 19.1 Å². The molecule has 1 aromatic carbocycles. The lowest BCUT2D eigenvalue weighted by Crippen LogP contribution is -2.36. The topological polar surface area (TPSA) is 64.6 Å². The predicted molar refractivity (Wildman–Crippen MR) is 120 cm³/mol. The first-order valence-corrected chi connectivity index (χ1v) is 11.7. The summed E-state index contributed by atoms with van der Waals surface area (Å²) in [6, 6.07) is 4.67. The zero-order valence-corrected chi connectivity index (χ0v) is 19.8. The van der Waals surface area contributed by atoms with Crippen LogP contribution in [0.5, 0.6) is 0 Å². The lowest BCUT2D eigenvalue weighted by atomic mass is 9.75. The first-order valence-electron chi connectivity index (χ1n) is 10.9. The Hall–Kier alpha value is -2.15. The van der Waals surface area contributed by atoms with Gasteiger partial charge in [0, 0.05) is 21.4 Å². The van der Waals surface area contributed by atoms with Crippen molar-refractivity contribution in [3.05, 3.63) is 56.6 Å². The Bertz CT molecular complexity index is 918. The summed E-state index contributed by atoms with van der Waals surface area (Å²) in [7, 11) is 0. The van der Waals surface area contributed by atoms with Crippen LogP contribution in [0.25, 0.3) is 0 Å². The summed E-state index contributed by atoms with van der Waals surface area (Å²) in [6.45, 7) is 5.60. The van der Waals surface area contributed by atoms with Gasteiger partial charge in [-0.1, -0.05) is 41.3 Å². The second-order valence-corrected chi connectivity index (χ2v) is 8.78. The van der Waals surface area contributed by atoms with Gasteiger partial charge in [0.15, 0.2) is 0 Å². The molecule has 0 bridgehead atoms. The van der Waals surface area contributed by atoms with Crippen molar-refractivity contribution in [2.45, 2.75) is 58.8 Å². The van der Waals surface area contributed by atoms with Gasteiger partial charge in [-0.3, -0.25) is 0 Å². The molecule has 1 aliphatic carbocycles. The number of hydrogen-bond donors (Lipinski definition) is 1. The Kier molecular flexibility index (Phi) is 7.92. The summed E-state index contributed by atoms with van der Waals surface area (Å²) >= 11 is 3.28. The van der Waals surface area contributed by atoms with Gasteiger partial charge in [-0.2, -0.15) is 0 Å². The number of hydrogen-bond acceptors (Lipinski definition) is 5. The Labute approximate surface area is 191 Å². The molecule has 0 amide bonds. The van der Waals surface area contributed by atoms with E-state index in [1.54, 1.807) is 32.9 Å². The Balaban J connectivity index is 2.24. The van der Waals surface area contributed by atoms with E-state index in [0.717, 1.165) is 37.8 Å². The van der Waals surface area contributed by atoms with E-state index < -0.39 is 23.7 Å². The number of carbonyl (C=O) groups is 2. The highest BCUT2D eigenvalue weighted by Gasteiger charge is 2.41. The predicted octanol–water partition coefficient (Wildman–Crippen LogP) is 5.51. The van der Waals surface area contributed by atoms with Crippen molar-refractivity contribution < 1.29 is 23.5 Å². The molecule has 1 aliphatic heterocycles. The van der Waals surface area contributed by atoms with Gasteiger partial charge in [0.25, 0.3) is 0 Å². The van der Waals surface area contributed by atoms with Gasteiger partial charge in [0.05, 0.1) is 30.3 Å². The van der Waals surface area contributed by atoms with Crippen LogP contribution in [0, 0.1) is 11.7 Å². The largest absolute Gasteiger partial charge is 0.463 e. The van der Waals surface area contributed by atoms with Gasteiger partial charge in [0.2, 0.25) is 0 Å². The Morgan fingerprint density at radius 2 is 1.68 bits per heavy atom. The first kappa shape index (κ1) is 23.5. The Morgan fingerprint density at radius 1 is 1.06 bits per heavy atom. The number of nitrogens with one attached hydrogen (secondary N) is 1. The number of dihydropyridines is 1. The molecule has 0 saturated heterocycles. The summed E-state index contributed by atoms with van der Waals surface area (Å²) in [5.74, 6) is -2.36. The van der Waals surface area contributed by atoms with Crippen molar-refractivity contribution in [2.24, 2.45) is 5.92 Å². The van der Waals surface area contributed by atoms with E-state index in [-0.39, 0.29) is 30.3 Å². The summed E-state index contributed by atoms with van der Waals surface area (Å²) < 4.78 is 26.4. The molecule has 0 aromatic heterocycles. The van der Waals surface area contributed by atoms with Gasteiger partial charge in [0.1, 0.15) is 5.82 Å². The molecule has 3 rings (SSSR count). The Morgan fingerprint density at radius 3 is 2.26 bits per heavy atom. The first-order chi connectivity index (χ1) is 14.9. The maximum atomic E-state index is 15.2. The van der Waals surface area contributed by atoms with Crippen LogP contribution in [-0.4, -0.2) is 25.2 Å². The fraction of sp³-hybridized carbons (Fsp3) is 0.500. The molecule has 1 N–H and O–H groups in total. The van der Waals surface area contributed by atoms with Gasteiger partial charge in [-0.25, -0.2) is 14.0 Å². The zero-order valence-electron chi connectivity index (χ0n) is 18.2. The fourth-order valence-corrected chi connectivity index (χ4v) is 4.86. The minimum Gasteiger partial charge on any atom is -0.463 e. The average Bonchev–Trinajstić information content (AvgIpc) is 2.74. The van der Waals surface area contributed by atoms with Gasteiger partial charge >= 0.3 is 11.9 Å². The third-order valence-corrected chi connectivity index (χ3v) is 6.36. The van der Waals surface area contributed by atoms with Crippen LogP contribution >= 0.6 is 15.9 Å². The van der Waals surface area contributed by atoms with Crippen molar-refractivity contribution in [1.82, 2.24) is 5.32 Å². The molecule has 0 spiro atoms. The maximum absolute atomic E-state index is 15.2. The summed E-state index contributed by atoms with van der Waals surface area (Å²) in [5, 5.41) is 3.32. The van der Waals surface area contributed by atoms with Crippen molar-refractivity contribution >= 4 is 27.9 Å². The lowest BCUT2D eigenvalue weighted by molar-refractivity contribution is -0.139. The number of benzene rings is 1. The summed E-state index contributed by atoms with van der Waals surface area (Å²) in [4.78, 5) is 26.2. The molecule has 1 heterocycles. The van der Waals surface area contributed by atoms with Crippen LogP contribution < -0.4 is 5.32 Å². The van der Waals surface area contributed by atoms with Crippen LogP contribution in [0.15, 0.2) is 45.2 Å². The molecule has 1 fully saturated rings. The SMILES string of the molecule is CCOC(=O)C1=C(C)NC(C2CCCCC2)=C(C(=O)OCC)[C@@H]1c1ccc(Br)cc1F. The molecule has 7 heteroatoms. The number of carbonyl (C=O) groups excluding carboxylic acids is 2. The highest BCUT2D eigenvalue weighted by Crippen LogP contribution is 2.44. The quantitative estimate of drug-likeness (QED) is 0.529. The molecule has 5 nitrogen and oxygen atoms in total. The van der Waals surface area contributed by atoms with Crippen LogP contribution in [0.3, 0.4) is 0 Å². The van der Waals surface area contributed by atoms with E-state index in [9.17, 15) is 9.59 Å². The molecular formula is C24H29BrFNO4. The van der Waals surface area contributed by atoms with Crippen molar-refractivity contribution in [1.29, 1.82) is 0 Å². The minimum atomic E-state index is -0.899. The third kappa shape index (κ3) is 5.03. The highest BCUT2D eigenvalue weighted by atomic mass is 79.9. The van der Waals surface area contributed by atoms with E-state index in [1.807, 2.05) is 0 Å². The minimum absolute atomic E-state index is 0.132. The highest BCUT2D eigenvalue weighted by molar-refractivity contribution is 9.10. The molecule has 31 heavy (non-hydrogen) atoms. The number of allylic oxidation sites excluding steroid dienone is 2. The fourth-order valence-electron chi connectivity index (χ4n) is 4.53. The van der Waals surface area contributed by atoms with E-state index in [1.165, 1.54) is 6.07 Å². The normalized spacial score (nSPS) is 19.8. The smallest absolute Gasteiger partial charge is 0.336 e. The summed E-state index contributed by atoms with van der Waals surface area (Å²) in [5.41, 5.74) is 2.13. The van der Waals surface area contributed by atoms with Crippen molar-refractivity contribution in [3.63, 3.8) is 0 Å². The molecule has 0 radical (unpaired) electrons. The van der Waals surface area contributed by atoms with Gasteiger partial charge < -0.3 is 14.8 Å². The molecule has 2 aliphatic rings. The molecular weight excluding hydrogens is 465 g/mol. The van der Waals surface area contributed by atoms with E-state index in [4.69, 9.17) is 9.47 Å². The molecule has 1 saturated carbocycles.